The van der Waals surface area contributed by atoms with Gasteiger partial charge in [0.05, 0.1) is 6.54 Å². The average Bonchev–Trinajstić information content (AvgIpc) is 2.53. The molecule has 0 aliphatic carbocycles. The fourth-order valence-electron chi connectivity index (χ4n) is 1.45. The molecule has 0 amide bonds. The molecule has 1 rings (SSSR count). The summed E-state index contributed by atoms with van der Waals surface area (Å²) in [6.45, 7) is 4.29. The van der Waals surface area contributed by atoms with E-state index in [1.807, 2.05) is 6.92 Å². The maximum Gasteiger partial charge on any atom is 0.228 e. The van der Waals surface area contributed by atoms with Gasteiger partial charge >= 0.3 is 0 Å². The van der Waals surface area contributed by atoms with Gasteiger partial charge in [0.1, 0.15) is 0 Å². The molecular weight excluding hydrogens is 175 g/mol. The third kappa shape index (κ3) is 1.34. The molecule has 2 atom stereocenters. The molecule has 0 bridgehead atoms. The van der Waals surface area contributed by atoms with E-state index in [9.17, 15) is 4.57 Å². The number of rotatable bonds is 3. The Morgan fingerprint density at radius 3 is 2.67 bits per heavy atom. The van der Waals surface area contributed by atoms with Crippen LogP contribution in [0.4, 0.5) is 0 Å². The van der Waals surface area contributed by atoms with Crippen LogP contribution in [0.3, 0.4) is 0 Å². The number of hydrogen-bond donors (Lipinski definition) is 0. The van der Waals surface area contributed by atoms with E-state index in [-0.39, 0.29) is 0 Å². The van der Waals surface area contributed by atoms with Crippen molar-refractivity contribution in [2.24, 2.45) is 10.2 Å². The van der Waals surface area contributed by atoms with Gasteiger partial charge in [0, 0.05) is 20.2 Å². The van der Waals surface area contributed by atoms with Gasteiger partial charge in [0.15, 0.2) is 5.28 Å². The second-order valence-electron chi connectivity index (χ2n) is 3.08. The Labute approximate surface area is 72.9 Å². The lowest BCUT2D eigenvalue weighted by Crippen LogP contribution is -2.23. The summed E-state index contributed by atoms with van der Waals surface area (Å²) in [4.78, 5) is 0. The summed E-state index contributed by atoms with van der Waals surface area (Å²) in [5, 5.41) is 7.43. The Hall–Kier alpha value is -0.210. The molecule has 70 valence electrons. The van der Waals surface area contributed by atoms with E-state index in [1.54, 1.807) is 6.66 Å². The molecule has 0 saturated heterocycles. The Morgan fingerprint density at radius 1 is 1.67 bits per heavy atom. The summed E-state index contributed by atoms with van der Waals surface area (Å²) >= 11 is 0. The van der Waals surface area contributed by atoms with Crippen LogP contribution in [0.25, 0.3) is 0 Å². The first kappa shape index (κ1) is 9.87. The molecule has 1 heterocycles. The van der Waals surface area contributed by atoms with E-state index in [0.29, 0.717) is 6.54 Å². The Kier molecular flexibility index (Phi) is 2.69. The van der Waals surface area contributed by atoms with Crippen molar-refractivity contribution in [1.82, 2.24) is 0 Å². The van der Waals surface area contributed by atoms with Crippen LogP contribution in [0.5, 0.6) is 0 Å². The van der Waals surface area contributed by atoms with Crippen LogP contribution in [0.15, 0.2) is 10.2 Å². The summed E-state index contributed by atoms with van der Waals surface area (Å²) in [7, 11) is -1.13. The van der Waals surface area contributed by atoms with Crippen molar-refractivity contribution in [1.29, 1.82) is 0 Å². The maximum absolute atomic E-state index is 12.0. The van der Waals surface area contributed by atoms with Crippen LogP contribution in [0.1, 0.15) is 19.8 Å². The minimum atomic E-state index is -2.61. The van der Waals surface area contributed by atoms with Gasteiger partial charge in [-0.3, -0.25) is 4.57 Å². The molecule has 0 aromatic rings. The molecule has 1 aliphatic rings. The van der Waals surface area contributed by atoms with Gasteiger partial charge in [-0.05, 0) is 6.42 Å². The van der Waals surface area contributed by atoms with Gasteiger partial charge in [-0.2, -0.15) is 10.2 Å². The molecule has 0 N–H and O–H groups in total. The van der Waals surface area contributed by atoms with Crippen molar-refractivity contribution in [3.05, 3.63) is 0 Å². The smallest absolute Gasteiger partial charge is 0.228 e. The van der Waals surface area contributed by atoms with Crippen LogP contribution in [-0.2, 0) is 9.09 Å². The van der Waals surface area contributed by atoms with Crippen molar-refractivity contribution in [3.8, 4) is 0 Å². The molecule has 0 spiro atoms. The fraction of sp³-hybridized carbons (Fsp3) is 1.00. The van der Waals surface area contributed by atoms with E-state index in [2.05, 4.69) is 10.2 Å². The number of hydrogen-bond acceptors (Lipinski definition) is 4. The second-order valence-corrected chi connectivity index (χ2v) is 5.97. The predicted octanol–water partition coefficient (Wildman–Crippen LogP) is 2.50. The highest BCUT2D eigenvalue weighted by atomic mass is 31.2. The molecule has 0 saturated carbocycles. The Morgan fingerprint density at radius 2 is 2.33 bits per heavy atom. The van der Waals surface area contributed by atoms with Crippen LogP contribution < -0.4 is 0 Å². The molecule has 0 fully saturated rings. The first-order valence-corrected chi connectivity index (χ1v) is 6.17. The van der Waals surface area contributed by atoms with Crippen LogP contribution in [0, 0.1) is 0 Å². The van der Waals surface area contributed by atoms with E-state index in [0.717, 1.165) is 12.8 Å². The Balaban J connectivity index is 2.95. The molecule has 2 unspecified atom stereocenters. The number of nitrogens with zero attached hydrogens (tertiary/aromatic N) is 2. The monoisotopic (exact) mass is 190 g/mol. The van der Waals surface area contributed by atoms with E-state index >= 15 is 0 Å². The SMILES string of the molecule is CCC1(P(C)(=O)OC)CCN=N1. The van der Waals surface area contributed by atoms with Gasteiger partial charge in [-0.1, -0.05) is 6.92 Å². The Bertz CT molecular complexity index is 242. The summed E-state index contributed by atoms with van der Waals surface area (Å²) in [5.41, 5.74) is 0. The molecule has 0 aromatic heterocycles. The molecule has 5 heteroatoms. The van der Waals surface area contributed by atoms with Crippen LogP contribution in [-0.4, -0.2) is 25.6 Å². The third-order valence-corrected chi connectivity index (χ3v) is 5.38. The maximum atomic E-state index is 12.0. The lowest BCUT2D eigenvalue weighted by atomic mass is 10.2. The lowest BCUT2D eigenvalue weighted by molar-refractivity contribution is 0.358. The quantitative estimate of drug-likeness (QED) is 0.642. The molecule has 0 radical (unpaired) electrons. The number of azo groups is 1. The largest absolute Gasteiger partial charge is 0.330 e. The molecule has 1 aliphatic heterocycles. The van der Waals surface area contributed by atoms with Gasteiger partial charge in [0.2, 0.25) is 7.37 Å². The average molecular weight is 190 g/mol. The molecule has 4 nitrogen and oxygen atoms in total. The van der Waals surface area contributed by atoms with Crippen LogP contribution >= 0.6 is 7.37 Å². The van der Waals surface area contributed by atoms with Gasteiger partial charge in [-0.15, -0.1) is 0 Å². The fourth-order valence-corrected chi connectivity index (χ4v) is 3.10. The summed E-state index contributed by atoms with van der Waals surface area (Å²) < 4.78 is 17.0. The van der Waals surface area contributed by atoms with E-state index in [4.69, 9.17) is 4.52 Å². The van der Waals surface area contributed by atoms with Crippen LogP contribution in [0.2, 0.25) is 0 Å². The molecular formula is C7H15N2O2P. The standard InChI is InChI=1S/C7H15N2O2P/c1-4-7(5-6-8-9-7)12(3,10)11-2/h4-6H2,1-3H3. The van der Waals surface area contributed by atoms with Crippen molar-refractivity contribution in [3.63, 3.8) is 0 Å². The predicted molar refractivity (Wildman–Crippen MR) is 47.9 cm³/mol. The van der Waals surface area contributed by atoms with Gasteiger partial charge in [-0.25, -0.2) is 0 Å². The highest BCUT2D eigenvalue weighted by Crippen LogP contribution is 2.60. The highest BCUT2D eigenvalue weighted by Gasteiger charge is 2.46. The minimum Gasteiger partial charge on any atom is -0.330 e. The van der Waals surface area contributed by atoms with Crippen molar-refractivity contribution < 1.29 is 9.09 Å². The molecule has 0 aromatic carbocycles. The summed E-state index contributed by atoms with van der Waals surface area (Å²) in [6, 6.07) is 0. The third-order valence-electron chi connectivity index (χ3n) is 2.54. The second kappa shape index (κ2) is 3.27. The van der Waals surface area contributed by atoms with E-state index < -0.39 is 12.6 Å². The minimum absolute atomic E-state index is 0.526. The molecule has 12 heavy (non-hydrogen) atoms. The summed E-state index contributed by atoms with van der Waals surface area (Å²) in [5.74, 6) is 0. The zero-order chi connectivity index (χ0) is 9.24. The normalized spacial score (nSPS) is 33.6. The van der Waals surface area contributed by atoms with Crippen molar-refractivity contribution in [2.75, 3.05) is 20.3 Å². The highest BCUT2D eigenvalue weighted by molar-refractivity contribution is 7.59. The first-order valence-electron chi connectivity index (χ1n) is 4.10. The zero-order valence-corrected chi connectivity index (χ0v) is 8.67. The first-order chi connectivity index (χ1) is 5.58. The topological polar surface area (TPSA) is 51.0 Å². The lowest BCUT2D eigenvalue weighted by Gasteiger charge is -2.28. The van der Waals surface area contributed by atoms with Gasteiger partial charge in [0.25, 0.3) is 0 Å². The van der Waals surface area contributed by atoms with Crippen molar-refractivity contribution in [2.45, 2.75) is 25.0 Å². The van der Waals surface area contributed by atoms with E-state index in [1.165, 1.54) is 7.11 Å². The summed E-state index contributed by atoms with van der Waals surface area (Å²) in [6.07, 6.45) is 1.49. The zero-order valence-electron chi connectivity index (χ0n) is 7.78. The van der Waals surface area contributed by atoms with Crippen molar-refractivity contribution >= 4 is 7.37 Å². The van der Waals surface area contributed by atoms with Gasteiger partial charge < -0.3 is 4.52 Å².